The van der Waals surface area contributed by atoms with Crippen molar-refractivity contribution in [3.63, 3.8) is 0 Å². The highest BCUT2D eigenvalue weighted by Gasteiger charge is 2.28. The second-order valence-electron chi connectivity index (χ2n) is 4.71. The van der Waals surface area contributed by atoms with E-state index in [1.54, 1.807) is 11.8 Å². The molecule has 0 saturated carbocycles. The summed E-state index contributed by atoms with van der Waals surface area (Å²) in [5.41, 5.74) is 0.812. The first kappa shape index (κ1) is 13.8. The number of hydrogen-bond acceptors (Lipinski definition) is 5. The van der Waals surface area contributed by atoms with Crippen LogP contribution in [0.15, 0.2) is 29.2 Å². The molecule has 106 valence electrons. The summed E-state index contributed by atoms with van der Waals surface area (Å²) < 4.78 is 5.42. The topological polar surface area (TPSA) is 46.6 Å². The summed E-state index contributed by atoms with van der Waals surface area (Å²) in [7, 11) is 0. The third-order valence-electron chi connectivity index (χ3n) is 3.28. The number of hydrogen-bond donors (Lipinski definition) is 0. The van der Waals surface area contributed by atoms with Gasteiger partial charge in [0.05, 0.1) is 11.4 Å². The fourth-order valence-corrected chi connectivity index (χ4v) is 4.31. The number of benzene rings is 1. The van der Waals surface area contributed by atoms with Crippen molar-refractivity contribution in [2.45, 2.75) is 17.4 Å². The van der Waals surface area contributed by atoms with Gasteiger partial charge in [0, 0.05) is 10.6 Å². The van der Waals surface area contributed by atoms with Gasteiger partial charge in [0.15, 0.2) is 0 Å². The second-order valence-corrected chi connectivity index (χ2v) is 6.88. The van der Waals surface area contributed by atoms with Gasteiger partial charge in [-0.2, -0.15) is 11.8 Å². The fraction of sp³-hybridized carbons (Fsp3) is 0.429. The largest absolute Gasteiger partial charge is 0.460 e. The molecule has 3 rings (SSSR count). The number of carbonyl (C=O) groups excluding carboxylic acids is 2. The van der Waals surface area contributed by atoms with Gasteiger partial charge in [-0.15, -0.1) is 11.8 Å². The molecule has 20 heavy (non-hydrogen) atoms. The maximum absolute atomic E-state index is 12.0. The molecule has 1 saturated heterocycles. The minimum absolute atomic E-state index is 0.0111. The Bertz CT molecular complexity index is 529. The number of carbonyl (C=O) groups is 2. The molecule has 1 aromatic rings. The molecule has 6 heteroatoms. The molecule has 1 fully saturated rings. The first-order valence-electron chi connectivity index (χ1n) is 6.53. The Morgan fingerprint density at radius 3 is 3.05 bits per heavy atom. The molecular formula is C14H15NO3S2. The van der Waals surface area contributed by atoms with E-state index in [1.807, 2.05) is 24.3 Å². The van der Waals surface area contributed by atoms with Crippen LogP contribution in [0, 0.1) is 0 Å². The van der Waals surface area contributed by atoms with Gasteiger partial charge in [-0.1, -0.05) is 12.1 Å². The van der Waals surface area contributed by atoms with Gasteiger partial charge in [-0.3, -0.25) is 14.5 Å². The van der Waals surface area contributed by atoms with Crippen LogP contribution in [0.4, 0.5) is 5.69 Å². The minimum Gasteiger partial charge on any atom is -0.460 e. The van der Waals surface area contributed by atoms with Crippen molar-refractivity contribution in [3.8, 4) is 0 Å². The smallest absolute Gasteiger partial charge is 0.326 e. The van der Waals surface area contributed by atoms with Crippen LogP contribution in [0.1, 0.15) is 6.42 Å². The van der Waals surface area contributed by atoms with E-state index in [4.69, 9.17) is 4.74 Å². The molecule has 0 radical (unpaired) electrons. The SMILES string of the molecule is O=C(CN1C(=O)CSc2ccccc21)O[C@@H]1CCSC1. The Morgan fingerprint density at radius 1 is 1.40 bits per heavy atom. The summed E-state index contributed by atoms with van der Waals surface area (Å²) in [6.07, 6.45) is 0.925. The number of para-hydroxylation sites is 1. The zero-order valence-corrected chi connectivity index (χ0v) is 12.5. The maximum atomic E-state index is 12.0. The summed E-state index contributed by atoms with van der Waals surface area (Å²) >= 11 is 3.31. The summed E-state index contributed by atoms with van der Waals surface area (Å²) in [4.78, 5) is 26.6. The number of amides is 1. The maximum Gasteiger partial charge on any atom is 0.326 e. The zero-order chi connectivity index (χ0) is 13.9. The predicted octanol–water partition coefficient (Wildman–Crippen LogP) is 2.17. The Labute approximate surface area is 126 Å². The lowest BCUT2D eigenvalue weighted by Crippen LogP contribution is -2.40. The van der Waals surface area contributed by atoms with Gasteiger partial charge >= 0.3 is 5.97 Å². The summed E-state index contributed by atoms with van der Waals surface area (Å²) in [5.74, 6) is 1.94. The number of esters is 1. The number of nitrogens with zero attached hydrogens (tertiary/aromatic N) is 1. The van der Waals surface area contributed by atoms with Crippen molar-refractivity contribution in [1.82, 2.24) is 0 Å². The van der Waals surface area contributed by atoms with Gasteiger partial charge in [0.25, 0.3) is 0 Å². The highest BCUT2D eigenvalue weighted by Crippen LogP contribution is 2.34. The van der Waals surface area contributed by atoms with Crippen molar-refractivity contribution >= 4 is 41.1 Å². The van der Waals surface area contributed by atoms with Crippen LogP contribution in [0.25, 0.3) is 0 Å². The quantitative estimate of drug-likeness (QED) is 0.801. The second kappa shape index (κ2) is 6.10. The van der Waals surface area contributed by atoms with Crippen LogP contribution in [-0.2, 0) is 14.3 Å². The minimum atomic E-state index is -0.312. The molecule has 1 atom stereocenters. The van der Waals surface area contributed by atoms with E-state index in [0.29, 0.717) is 5.75 Å². The van der Waals surface area contributed by atoms with Crippen molar-refractivity contribution in [1.29, 1.82) is 0 Å². The molecule has 4 nitrogen and oxygen atoms in total. The van der Waals surface area contributed by atoms with E-state index in [0.717, 1.165) is 28.5 Å². The highest BCUT2D eigenvalue weighted by atomic mass is 32.2. The molecule has 1 aromatic carbocycles. The number of thioether (sulfide) groups is 2. The van der Waals surface area contributed by atoms with Crippen LogP contribution in [0.3, 0.4) is 0 Å². The molecule has 0 N–H and O–H groups in total. The molecule has 0 aliphatic carbocycles. The number of rotatable bonds is 3. The molecule has 2 heterocycles. The lowest BCUT2D eigenvalue weighted by Gasteiger charge is -2.28. The summed E-state index contributed by atoms with van der Waals surface area (Å²) in [6.45, 7) is 0.0115. The lowest BCUT2D eigenvalue weighted by atomic mass is 10.2. The molecule has 1 amide bonds. The summed E-state index contributed by atoms with van der Waals surface area (Å²) in [5, 5.41) is 0. The third kappa shape index (κ3) is 2.96. The Balaban J connectivity index is 1.69. The van der Waals surface area contributed by atoms with E-state index in [2.05, 4.69) is 0 Å². The van der Waals surface area contributed by atoms with Gasteiger partial charge < -0.3 is 4.74 Å². The zero-order valence-electron chi connectivity index (χ0n) is 10.9. The average molecular weight is 309 g/mol. The van der Waals surface area contributed by atoms with Gasteiger partial charge in [-0.05, 0) is 24.3 Å². The average Bonchev–Trinajstić information content (AvgIpc) is 2.95. The first-order chi connectivity index (χ1) is 9.74. The lowest BCUT2D eigenvalue weighted by molar-refractivity contribution is -0.146. The van der Waals surface area contributed by atoms with E-state index in [-0.39, 0.29) is 24.5 Å². The Morgan fingerprint density at radius 2 is 2.25 bits per heavy atom. The van der Waals surface area contributed by atoms with E-state index >= 15 is 0 Å². The van der Waals surface area contributed by atoms with Crippen molar-refractivity contribution in [2.24, 2.45) is 0 Å². The van der Waals surface area contributed by atoms with Crippen LogP contribution < -0.4 is 4.90 Å². The molecule has 0 unspecified atom stereocenters. The molecule has 0 aromatic heterocycles. The van der Waals surface area contributed by atoms with E-state index in [9.17, 15) is 9.59 Å². The highest BCUT2D eigenvalue weighted by molar-refractivity contribution is 8.00. The van der Waals surface area contributed by atoms with Crippen LogP contribution >= 0.6 is 23.5 Å². The number of anilines is 1. The van der Waals surface area contributed by atoms with E-state index in [1.165, 1.54) is 16.7 Å². The number of fused-ring (bicyclic) bond motifs is 1. The van der Waals surface area contributed by atoms with E-state index < -0.39 is 0 Å². The standard InChI is InChI=1S/C14H15NO3S2/c16-13-9-20-12-4-2-1-3-11(12)15(13)7-14(17)18-10-5-6-19-8-10/h1-4,10H,5-9H2/t10-/m1/s1. The molecular weight excluding hydrogens is 294 g/mol. The van der Waals surface area contributed by atoms with Crippen molar-refractivity contribution < 1.29 is 14.3 Å². The third-order valence-corrected chi connectivity index (χ3v) is 5.46. The first-order valence-corrected chi connectivity index (χ1v) is 8.67. The molecule has 2 aliphatic rings. The van der Waals surface area contributed by atoms with Crippen LogP contribution in [-0.4, -0.2) is 41.8 Å². The van der Waals surface area contributed by atoms with Crippen LogP contribution in [0.5, 0.6) is 0 Å². The van der Waals surface area contributed by atoms with Crippen LogP contribution in [0.2, 0.25) is 0 Å². The van der Waals surface area contributed by atoms with Gasteiger partial charge in [0.2, 0.25) is 5.91 Å². The van der Waals surface area contributed by atoms with Gasteiger partial charge in [0.1, 0.15) is 12.6 Å². The van der Waals surface area contributed by atoms with Gasteiger partial charge in [-0.25, -0.2) is 0 Å². The summed E-state index contributed by atoms with van der Waals surface area (Å²) in [6, 6.07) is 7.66. The van der Waals surface area contributed by atoms with Crippen molar-refractivity contribution in [3.05, 3.63) is 24.3 Å². The number of ether oxygens (including phenoxy) is 1. The fourth-order valence-electron chi connectivity index (χ4n) is 2.29. The molecule has 0 spiro atoms. The normalized spacial score (nSPS) is 21.7. The Hall–Kier alpha value is -1.14. The van der Waals surface area contributed by atoms with Crippen molar-refractivity contribution in [2.75, 3.05) is 28.7 Å². The Kier molecular flexibility index (Phi) is 4.21. The predicted molar refractivity (Wildman–Crippen MR) is 81.3 cm³/mol. The molecule has 0 bridgehead atoms. The monoisotopic (exact) mass is 309 g/mol. The molecule has 2 aliphatic heterocycles.